The fraction of sp³-hybridized carbons (Fsp3) is 0.216. The second-order valence-corrected chi connectivity index (χ2v) is 11.2. The van der Waals surface area contributed by atoms with Gasteiger partial charge in [-0.15, -0.1) is 0 Å². The number of Topliss-reactive ketones (excluding diaryl/α,β-unsaturated/α-hetero) is 1. The fourth-order valence-corrected chi connectivity index (χ4v) is 5.48. The number of carboxylic acid groups (broad SMARTS) is 2. The standard InChI is InChI=1S/C33H32FN3O3.C4H4O4/c1-23(38)35-29-15-11-27(12-16-29)33(40)37(31-8-4-6-24-5-2-3-7-30(24)31)22-21-36-19-17-26(18-20-36)32(39)25-9-13-28(34)14-10-25;5-3(6)1-2-4(7)8/h2-16,26H,17-22H2,1H3,(H,35,38);1-2H,(H,5,6)(H,7,8). The van der Waals surface area contributed by atoms with Crippen molar-refractivity contribution < 1.29 is 38.6 Å². The summed E-state index contributed by atoms with van der Waals surface area (Å²) in [5, 5.41) is 20.4. The zero-order chi connectivity index (χ0) is 34.6. The van der Waals surface area contributed by atoms with Gasteiger partial charge in [0.2, 0.25) is 5.91 Å². The lowest BCUT2D eigenvalue weighted by Crippen LogP contribution is -2.43. The molecule has 48 heavy (non-hydrogen) atoms. The van der Waals surface area contributed by atoms with Crippen LogP contribution in [-0.4, -0.2) is 70.8 Å². The first-order chi connectivity index (χ1) is 23.0. The van der Waals surface area contributed by atoms with Crippen LogP contribution in [0.2, 0.25) is 0 Å². The summed E-state index contributed by atoms with van der Waals surface area (Å²) in [6, 6.07) is 26.7. The molecular weight excluding hydrogens is 617 g/mol. The van der Waals surface area contributed by atoms with Crippen molar-refractivity contribution >= 4 is 51.7 Å². The fourth-order valence-electron chi connectivity index (χ4n) is 5.48. The van der Waals surface area contributed by atoms with E-state index >= 15 is 0 Å². The van der Waals surface area contributed by atoms with Gasteiger partial charge in [-0.05, 0) is 85.9 Å². The third kappa shape index (κ3) is 9.91. The van der Waals surface area contributed by atoms with Crippen LogP contribution < -0.4 is 10.2 Å². The van der Waals surface area contributed by atoms with Gasteiger partial charge in [-0.1, -0.05) is 36.4 Å². The highest BCUT2D eigenvalue weighted by atomic mass is 19.1. The number of benzene rings is 4. The van der Waals surface area contributed by atoms with Gasteiger partial charge in [0.25, 0.3) is 5.91 Å². The minimum Gasteiger partial charge on any atom is -0.478 e. The van der Waals surface area contributed by atoms with E-state index in [2.05, 4.69) is 10.2 Å². The van der Waals surface area contributed by atoms with Crippen molar-refractivity contribution in [2.24, 2.45) is 5.92 Å². The summed E-state index contributed by atoms with van der Waals surface area (Å²) in [5.41, 5.74) is 2.57. The number of aliphatic carboxylic acids is 2. The van der Waals surface area contributed by atoms with Crippen molar-refractivity contribution in [1.82, 2.24) is 4.90 Å². The molecule has 248 valence electrons. The molecule has 10 nitrogen and oxygen atoms in total. The van der Waals surface area contributed by atoms with Crippen LogP contribution in [0, 0.1) is 11.7 Å². The zero-order valence-corrected chi connectivity index (χ0v) is 26.3. The molecule has 0 radical (unpaired) electrons. The van der Waals surface area contributed by atoms with E-state index in [0.29, 0.717) is 42.1 Å². The molecule has 4 aromatic rings. The molecular formula is C37H36FN3O7. The molecule has 4 aromatic carbocycles. The molecule has 0 spiro atoms. The summed E-state index contributed by atoms with van der Waals surface area (Å²) >= 11 is 0. The van der Waals surface area contributed by atoms with Crippen molar-refractivity contribution in [3.8, 4) is 0 Å². The van der Waals surface area contributed by atoms with Gasteiger partial charge in [0.05, 0.1) is 5.69 Å². The number of carbonyl (C=O) groups excluding carboxylic acids is 3. The Morgan fingerprint density at radius 1 is 0.812 bits per heavy atom. The number of amides is 2. The van der Waals surface area contributed by atoms with E-state index in [-0.39, 0.29) is 29.3 Å². The van der Waals surface area contributed by atoms with Gasteiger partial charge in [0, 0.05) is 60.3 Å². The number of nitrogens with one attached hydrogen (secondary N) is 1. The summed E-state index contributed by atoms with van der Waals surface area (Å²) in [6.45, 7) is 4.09. The topological polar surface area (TPSA) is 144 Å². The van der Waals surface area contributed by atoms with Crippen LogP contribution in [0.3, 0.4) is 0 Å². The highest BCUT2D eigenvalue weighted by Crippen LogP contribution is 2.29. The number of carboxylic acids is 2. The van der Waals surface area contributed by atoms with Crippen molar-refractivity contribution in [2.45, 2.75) is 19.8 Å². The summed E-state index contributed by atoms with van der Waals surface area (Å²) in [6.07, 6.45) is 2.57. The Morgan fingerprint density at radius 3 is 2.00 bits per heavy atom. The number of hydrogen-bond donors (Lipinski definition) is 3. The van der Waals surface area contributed by atoms with E-state index in [0.717, 1.165) is 42.4 Å². The van der Waals surface area contributed by atoms with Crippen LogP contribution in [0.25, 0.3) is 10.8 Å². The zero-order valence-electron chi connectivity index (χ0n) is 26.3. The number of likely N-dealkylation sites (tertiary alicyclic amines) is 1. The molecule has 0 aliphatic carbocycles. The maximum atomic E-state index is 13.9. The molecule has 0 atom stereocenters. The van der Waals surface area contributed by atoms with Crippen molar-refractivity contribution in [3.05, 3.63) is 120 Å². The summed E-state index contributed by atoms with van der Waals surface area (Å²) in [4.78, 5) is 61.4. The smallest absolute Gasteiger partial charge is 0.328 e. The number of rotatable bonds is 10. The van der Waals surface area contributed by atoms with Gasteiger partial charge in [-0.3, -0.25) is 14.4 Å². The van der Waals surface area contributed by atoms with Crippen LogP contribution in [0.1, 0.15) is 40.5 Å². The molecule has 0 unspecified atom stereocenters. The maximum absolute atomic E-state index is 13.9. The molecule has 1 fully saturated rings. The van der Waals surface area contributed by atoms with Gasteiger partial charge in [-0.25, -0.2) is 14.0 Å². The Balaban J connectivity index is 0.000000579. The lowest BCUT2D eigenvalue weighted by Gasteiger charge is -2.33. The Bertz CT molecular complexity index is 1780. The summed E-state index contributed by atoms with van der Waals surface area (Å²) in [7, 11) is 0. The number of hydrogen-bond acceptors (Lipinski definition) is 6. The summed E-state index contributed by atoms with van der Waals surface area (Å²) < 4.78 is 13.3. The highest BCUT2D eigenvalue weighted by molar-refractivity contribution is 6.11. The van der Waals surface area contributed by atoms with Crippen LogP contribution in [0.4, 0.5) is 15.8 Å². The largest absolute Gasteiger partial charge is 0.478 e. The number of carbonyl (C=O) groups is 5. The molecule has 1 saturated heterocycles. The first-order valence-electron chi connectivity index (χ1n) is 15.3. The number of anilines is 2. The molecule has 11 heteroatoms. The molecule has 1 heterocycles. The number of fused-ring (bicyclic) bond motifs is 1. The van der Waals surface area contributed by atoms with Crippen LogP contribution in [0.5, 0.6) is 0 Å². The predicted molar refractivity (Wildman–Crippen MR) is 181 cm³/mol. The Kier molecular flexibility index (Phi) is 12.3. The third-order valence-corrected chi connectivity index (χ3v) is 7.85. The Labute approximate surface area is 277 Å². The van der Waals surface area contributed by atoms with Gasteiger partial charge in [0.1, 0.15) is 5.82 Å². The molecule has 0 saturated carbocycles. The van der Waals surface area contributed by atoms with E-state index in [9.17, 15) is 28.4 Å². The van der Waals surface area contributed by atoms with Crippen LogP contribution in [0.15, 0.2) is 103 Å². The Morgan fingerprint density at radius 2 is 1.40 bits per heavy atom. The van der Waals surface area contributed by atoms with Crippen molar-refractivity contribution in [1.29, 1.82) is 0 Å². The highest BCUT2D eigenvalue weighted by Gasteiger charge is 2.27. The van der Waals surface area contributed by atoms with Gasteiger partial charge in [0.15, 0.2) is 5.78 Å². The lowest BCUT2D eigenvalue weighted by molar-refractivity contribution is -0.134. The minimum absolute atomic E-state index is 0.0647. The third-order valence-electron chi connectivity index (χ3n) is 7.85. The second-order valence-electron chi connectivity index (χ2n) is 11.2. The van der Waals surface area contributed by atoms with Crippen molar-refractivity contribution in [2.75, 3.05) is 36.4 Å². The van der Waals surface area contributed by atoms with E-state index in [4.69, 9.17) is 10.2 Å². The monoisotopic (exact) mass is 653 g/mol. The minimum atomic E-state index is -1.26. The van der Waals surface area contributed by atoms with E-state index in [1.165, 1.54) is 19.1 Å². The molecule has 3 N–H and O–H groups in total. The quantitative estimate of drug-likeness (QED) is 0.142. The summed E-state index contributed by atoms with van der Waals surface area (Å²) in [5.74, 6) is -3.17. The molecule has 0 bridgehead atoms. The first-order valence-corrected chi connectivity index (χ1v) is 15.3. The SMILES string of the molecule is CC(=O)Nc1ccc(C(=O)N(CCN2CCC(C(=O)c3ccc(F)cc3)CC2)c2cccc3ccccc23)cc1.O=C(O)C=CC(=O)O. The maximum Gasteiger partial charge on any atom is 0.328 e. The van der Waals surface area contributed by atoms with E-state index in [1.54, 1.807) is 36.4 Å². The number of piperidine rings is 1. The Hall–Kier alpha value is -5.68. The van der Waals surface area contributed by atoms with E-state index < -0.39 is 11.9 Å². The average Bonchev–Trinajstić information content (AvgIpc) is 3.08. The predicted octanol–water partition coefficient (Wildman–Crippen LogP) is 5.89. The van der Waals surface area contributed by atoms with Gasteiger partial charge in [-0.2, -0.15) is 0 Å². The lowest BCUT2D eigenvalue weighted by atomic mass is 9.89. The van der Waals surface area contributed by atoms with Crippen LogP contribution >= 0.6 is 0 Å². The van der Waals surface area contributed by atoms with Crippen LogP contribution in [-0.2, 0) is 14.4 Å². The van der Waals surface area contributed by atoms with Crippen molar-refractivity contribution in [3.63, 3.8) is 0 Å². The van der Waals surface area contributed by atoms with Gasteiger partial charge < -0.3 is 25.3 Å². The number of nitrogens with zero attached hydrogens (tertiary/aromatic N) is 2. The molecule has 5 rings (SSSR count). The van der Waals surface area contributed by atoms with E-state index in [1.807, 2.05) is 47.4 Å². The average molecular weight is 654 g/mol. The number of ketones is 1. The second kappa shape index (κ2) is 16.8. The molecule has 1 aliphatic rings. The molecule has 1 aliphatic heterocycles. The molecule has 0 aromatic heterocycles. The normalized spacial score (nSPS) is 13.4. The first kappa shape index (κ1) is 35.2. The number of halogens is 1. The molecule has 2 amide bonds. The van der Waals surface area contributed by atoms with Gasteiger partial charge >= 0.3 is 11.9 Å².